The molecule has 5 aliphatic heterocycles. The molecule has 73 heavy (non-hydrogen) atoms. The van der Waals surface area contributed by atoms with E-state index in [0.29, 0.717) is 43.4 Å². The first-order valence-electron chi connectivity index (χ1n) is 26.8. The van der Waals surface area contributed by atoms with Crippen molar-refractivity contribution in [1.82, 2.24) is 0 Å². The van der Waals surface area contributed by atoms with E-state index in [0.717, 1.165) is 32.1 Å². The number of allylic oxidation sites excluding steroid dienone is 1. The Morgan fingerprint density at radius 3 is 1.86 bits per heavy atom. The van der Waals surface area contributed by atoms with Crippen LogP contribution in [0.4, 0.5) is 0 Å². The monoisotopic (exact) mass is 1050 g/mol. The van der Waals surface area contributed by atoms with Gasteiger partial charge in [-0.1, -0.05) is 39.3 Å². The molecule has 11 unspecified atom stereocenters. The van der Waals surface area contributed by atoms with Crippen LogP contribution >= 0.6 is 0 Å². The molecule has 0 aromatic heterocycles. The number of hydrogen-bond acceptors (Lipinski definition) is 22. The van der Waals surface area contributed by atoms with Gasteiger partial charge in [-0.15, -0.1) is 0 Å². The molecule has 9 rings (SSSR count). The molecule has 22 heteroatoms. The third kappa shape index (κ3) is 10.2. The highest BCUT2D eigenvalue weighted by Crippen LogP contribution is 2.70. The van der Waals surface area contributed by atoms with Gasteiger partial charge in [-0.05, 0) is 106 Å². The highest BCUT2D eigenvalue weighted by atomic mass is 16.8. The molecule has 0 aromatic carbocycles. The number of aliphatic hydroxyl groups excluding tert-OH is 12. The maximum atomic E-state index is 12.1. The first-order chi connectivity index (χ1) is 34.5. The summed E-state index contributed by atoms with van der Waals surface area (Å²) < 4.78 is 54.6. The summed E-state index contributed by atoms with van der Waals surface area (Å²) in [5, 5.41) is 139. The van der Waals surface area contributed by atoms with Gasteiger partial charge in [-0.2, -0.15) is 0 Å². The van der Waals surface area contributed by atoms with Crippen molar-refractivity contribution >= 4 is 0 Å². The summed E-state index contributed by atoms with van der Waals surface area (Å²) in [6.45, 7) is 10.7. The molecule has 9 aliphatic rings. The Morgan fingerprint density at radius 2 is 1.23 bits per heavy atom. The second-order valence-electron chi connectivity index (χ2n) is 23.8. The van der Waals surface area contributed by atoms with E-state index in [4.69, 9.17) is 42.6 Å². The van der Waals surface area contributed by atoms with Gasteiger partial charge in [-0.3, -0.25) is 0 Å². The smallest absolute Gasteiger partial charge is 0.187 e. The first-order valence-corrected chi connectivity index (χ1v) is 26.8. The van der Waals surface area contributed by atoms with E-state index in [-0.39, 0.29) is 41.3 Å². The number of ether oxygens (including phenoxy) is 9. The number of rotatable bonds is 14. The predicted molar refractivity (Wildman–Crippen MR) is 249 cm³/mol. The zero-order chi connectivity index (χ0) is 52.8. The quantitative estimate of drug-likeness (QED) is 0.0839. The molecule has 31 atom stereocenters. The minimum absolute atomic E-state index is 0.0589. The van der Waals surface area contributed by atoms with Crippen LogP contribution < -0.4 is 0 Å². The summed E-state index contributed by atoms with van der Waals surface area (Å²) in [6, 6.07) is 0. The van der Waals surface area contributed by atoms with E-state index in [1.54, 1.807) is 0 Å². The molecule has 0 aromatic rings. The van der Waals surface area contributed by atoms with Gasteiger partial charge in [0, 0.05) is 12.3 Å². The molecule has 0 radical (unpaired) electrons. The Balaban J connectivity index is 0.846. The number of fused-ring (bicyclic) bond motifs is 7. The van der Waals surface area contributed by atoms with Crippen molar-refractivity contribution in [3.05, 3.63) is 11.6 Å². The molecule has 0 spiro atoms. The summed E-state index contributed by atoms with van der Waals surface area (Å²) in [4.78, 5) is 0. The van der Waals surface area contributed by atoms with Gasteiger partial charge < -0.3 is 109 Å². The van der Waals surface area contributed by atoms with Crippen LogP contribution in [0.2, 0.25) is 0 Å². The van der Waals surface area contributed by atoms with Crippen LogP contribution in [-0.2, 0) is 42.6 Å². The van der Waals surface area contributed by atoms with Crippen LogP contribution in [0.25, 0.3) is 0 Å². The van der Waals surface area contributed by atoms with Gasteiger partial charge in [0.05, 0.1) is 44.2 Å². The lowest BCUT2D eigenvalue weighted by molar-refractivity contribution is -0.388. The average molecular weight is 1050 g/mol. The van der Waals surface area contributed by atoms with Crippen molar-refractivity contribution in [2.24, 2.45) is 46.3 Å². The molecule has 4 aliphatic carbocycles. The molecule has 8 fully saturated rings. The summed E-state index contributed by atoms with van der Waals surface area (Å²) in [6.07, 6.45) is -20.5. The fourth-order valence-corrected chi connectivity index (χ4v) is 14.9. The SMILES string of the molecule is CC1O[C@@H](O[C@@H]2C(CO)O[C@@H](OC3CC[C@@]4(C)C(=CC[C@H]5[C@@H]6CC7OC(O)(CC[C@@H](C)CO[C@@H]8OC(CO)[C@@H](O)C(O)[C@@H]8O)[C@@H](C)[C@@H]7[C@@]6(C)CC[C@@H]54)C3)[C@@H](O[C@@H]3OC(C)[C@H](O)C(O)[C@@H]3O)C2O)[C@@H](O)C(O)[C@H]1O. The fraction of sp³-hybridized carbons (Fsp3) is 0.961. The Labute approximate surface area is 426 Å². The van der Waals surface area contributed by atoms with E-state index >= 15 is 0 Å². The minimum atomic E-state index is -1.75. The van der Waals surface area contributed by atoms with Crippen LogP contribution in [0.5, 0.6) is 0 Å². The number of aliphatic hydroxyl groups is 13. The van der Waals surface area contributed by atoms with Crippen LogP contribution in [0.3, 0.4) is 0 Å². The maximum Gasteiger partial charge on any atom is 0.187 e. The molecule has 420 valence electrons. The molecule has 13 N–H and O–H groups in total. The van der Waals surface area contributed by atoms with Gasteiger partial charge in [0.15, 0.2) is 30.9 Å². The maximum absolute atomic E-state index is 12.1. The Hall–Kier alpha value is -1.14. The summed E-state index contributed by atoms with van der Waals surface area (Å²) in [7, 11) is 0. The van der Waals surface area contributed by atoms with Gasteiger partial charge in [-0.25, -0.2) is 0 Å². The first kappa shape index (κ1) is 56.6. The van der Waals surface area contributed by atoms with Crippen LogP contribution in [-0.4, -0.2) is 227 Å². The number of hydrogen-bond donors (Lipinski definition) is 13. The van der Waals surface area contributed by atoms with Crippen LogP contribution in [0.1, 0.15) is 99.3 Å². The molecule has 5 saturated heterocycles. The minimum Gasteiger partial charge on any atom is -0.394 e. The van der Waals surface area contributed by atoms with Crippen molar-refractivity contribution < 1.29 is 109 Å². The van der Waals surface area contributed by atoms with Gasteiger partial charge in [0.1, 0.15) is 85.5 Å². The van der Waals surface area contributed by atoms with Gasteiger partial charge in [0.25, 0.3) is 0 Å². The Bertz CT molecular complexity index is 1900. The van der Waals surface area contributed by atoms with E-state index in [9.17, 15) is 66.4 Å². The van der Waals surface area contributed by atoms with Crippen LogP contribution in [0.15, 0.2) is 11.6 Å². The zero-order valence-corrected chi connectivity index (χ0v) is 42.7. The van der Waals surface area contributed by atoms with Crippen molar-refractivity contribution in [2.75, 3.05) is 19.8 Å². The van der Waals surface area contributed by atoms with Crippen molar-refractivity contribution in [3.63, 3.8) is 0 Å². The summed E-state index contributed by atoms with van der Waals surface area (Å²) in [5.74, 6) is -0.232. The lowest BCUT2D eigenvalue weighted by Gasteiger charge is -2.58. The summed E-state index contributed by atoms with van der Waals surface area (Å²) >= 11 is 0. The van der Waals surface area contributed by atoms with E-state index in [1.807, 2.05) is 6.92 Å². The van der Waals surface area contributed by atoms with Crippen molar-refractivity contribution in [2.45, 2.75) is 240 Å². The zero-order valence-electron chi connectivity index (χ0n) is 42.7. The molecular formula is C51H84O22. The molecular weight excluding hydrogens is 965 g/mol. The molecule has 22 nitrogen and oxygen atoms in total. The molecule has 5 heterocycles. The Morgan fingerprint density at radius 1 is 0.644 bits per heavy atom. The molecule has 0 amide bonds. The fourth-order valence-electron chi connectivity index (χ4n) is 14.9. The predicted octanol–water partition coefficient (Wildman–Crippen LogP) is -1.98. The van der Waals surface area contributed by atoms with Crippen LogP contribution in [0, 0.1) is 46.3 Å². The van der Waals surface area contributed by atoms with Gasteiger partial charge >= 0.3 is 0 Å². The summed E-state index contributed by atoms with van der Waals surface area (Å²) in [5.41, 5.74) is 1.07. The van der Waals surface area contributed by atoms with Gasteiger partial charge in [0.2, 0.25) is 0 Å². The van der Waals surface area contributed by atoms with E-state index in [2.05, 4.69) is 26.8 Å². The average Bonchev–Trinajstić information content (AvgIpc) is 3.80. The third-order valence-corrected chi connectivity index (χ3v) is 19.5. The highest BCUT2D eigenvalue weighted by Gasteiger charge is 2.68. The van der Waals surface area contributed by atoms with Crippen molar-refractivity contribution in [3.8, 4) is 0 Å². The lowest BCUT2D eigenvalue weighted by atomic mass is 9.47. The lowest BCUT2D eigenvalue weighted by Crippen LogP contribution is -2.66. The highest BCUT2D eigenvalue weighted by molar-refractivity contribution is 5.26. The topological polar surface area (TPSA) is 346 Å². The second kappa shape index (κ2) is 21.8. The molecule has 3 saturated carbocycles. The molecule has 0 bridgehead atoms. The van der Waals surface area contributed by atoms with E-state index < -0.39 is 148 Å². The van der Waals surface area contributed by atoms with E-state index in [1.165, 1.54) is 19.4 Å². The third-order valence-electron chi connectivity index (χ3n) is 19.5. The second-order valence-corrected chi connectivity index (χ2v) is 23.8. The normalized spacial score (nSPS) is 55.5. The van der Waals surface area contributed by atoms with Crippen molar-refractivity contribution in [1.29, 1.82) is 0 Å². The standard InChI is InChI=1S/C51H84O22/c1-20(19-65-45-39(60)38(59)35(56)30(17-52)69-45)9-14-51(64)21(2)32-29(73-51)16-28-26-8-7-24-15-25(10-12-49(24,5)27(26)11-13-50(28,32)6)68-48-44(72-47-41(62)37(58)34(55)23(4)67-47)42(63)43(31(18-53)70-48)71-46-40(61)36(57)33(54)22(3)66-46/h7,20-23,25-48,52-64H,8-19H2,1-6H3/t20-,21+,22?,23?,25?,26-,27+,28+,29?,30?,31?,32+,33+,34+,35-,36?,37?,38?,39+,40+,41+,42?,43-,44+,45-,46+,47+,48-,49+,50+,51?/m1/s1. The largest absolute Gasteiger partial charge is 0.394 e. The Kier molecular flexibility index (Phi) is 16.9.